The van der Waals surface area contributed by atoms with E-state index in [2.05, 4.69) is 10.4 Å². The van der Waals surface area contributed by atoms with Gasteiger partial charge in [0.2, 0.25) is 5.91 Å². The van der Waals surface area contributed by atoms with E-state index in [0.717, 1.165) is 37.0 Å². The van der Waals surface area contributed by atoms with Crippen molar-refractivity contribution in [2.45, 2.75) is 31.5 Å². The molecule has 1 N–H and O–H groups in total. The molecule has 1 fully saturated rings. The van der Waals surface area contributed by atoms with Gasteiger partial charge in [-0.25, -0.2) is 4.68 Å². The molecule has 1 aliphatic rings. The van der Waals surface area contributed by atoms with Crippen LogP contribution in [-0.4, -0.2) is 33.7 Å². The first-order valence-corrected chi connectivity index (χ1v) is 10.6. The van der Waals surface area contributed by atoms with E-state index in [0.29, 0.717) is 12.2 Å². The third-order valence-electron chi connectivity index (χ3n) is 5.73. The van der Waals surface area contributed by atoms with Gasteiger partial charge in [0, 0.05) is 6.04 Å². The van der Waals surface area contributed by atoms with Crippen molar-refractivity contribution in [3.63, 3.8) is 0 Å². The second-order valence-corrected chi connectivity index (χ2v) is 7.92. The van der Waals surface area contributed by atoms with Crippen LogP contribution in [0.3, 0.4) is 0 Å². The van der Waals surface area contributed by atoms with Crippen LogP contribution in [0.4, 0.5) is 19.0 Å². The third kappa shape index (κ3) is 5.07. The van der Waals surface area contributed by atoms with E-state index in [1.807, 2.05) is 41.3 Å². The van der Waals surface area contributed by atoms with Crippen LogP contribution in [0.5, 0.6) is 0 Å². The summed E-state index contributed by atoms with van der Waals surface area (Å²) in [6, 6.07) is 16.2. The van der Waals surface area contributed by atoms with Gasteiger partial charge in [0.25, 0.3) is 0 Å². The molecule has 6 nitrogen and oxygen atoms in total. The van der Waals surface area contributed by atoms with Crippen LogP contribution in [0, 0.1) is 11.3 Å². The summed E-state index contributed by atoms with van der Waals surface area (Å²) >= 11 is 0. The van der Waals surface area contributed by atoms with Gasteiger partial charge < -0.3 is 5.32 Å². The van der Waals surface area contributed by atoms with Crippen molar-refractivity contribution in [1.82, 2.24) is 14.7 Å². The average Bonchev–Trinajstić information content (AvgIpc) is 3.22. The van der Waals surface area contributed by atoms with Gasteiger partial charge in [-0.2, -0.15) is 23.5 Å². The van der Waals surface area contributed by atoms with Gasteiger partial charge in [0.1, 0.15) is 11.6 Å². The van der Waals surface area contributed by atoms with E-state index in [-0.39, 0.29) is 29.9 Å². The number of hydrogen-bond acceptors (Lipinski definition) is 4. The fourth-order valence-corrected chi connectivity index (χ4v) is 4.12. The average molecular weight is 453 g/mol. The second kappa shape index (κ2) is 9.46. The Morgan fingerprint density at radius 3 is 2.52 bits per heavy atom. The summed E-state index contributed by atoms with van der Waals surface area (Å²) < 4.78 is 40.2. The Morgan fingerprint density at radius 2 is 1.85 bits per heavy atom. The molecule has 0 bridgehead atoms. The van der Waals surface area contributed by atoms with E-state index in [1.165, 1.54) is 23.0 Å². The van der Waals surface area contributed by atoms with Gasteiger partial charge in [-0.1, -0.05) is 36.8 Å². The molecule has 1 unspecified atom stereocenters. The topological polar surface area (TPSA) is 74.0 Å². The lowest BCUT2D eigenvalue weighted by atomic mass is 9.94. The maximum absolute atomic E-state index is 12.9. The Bertz CT molecular complexity index is 1150. The number of carbonyl (C=O) groups excluding carboxylic acids is 1. The molecule has 1 aromatic heterocycles. The van der Waals surface area contributed by atoms with E-state index in [1.54, 1.807) is 0 Å². The molecule has 1 atom stereocenters. The number of carbonyl (C=O) groups is 1. The zero-order valence-corrected chi connectivity index (χ0v) is 17.7. The summed E-state index contributed by atoms with van der Waals surface area (Å²) in [4.78, 5) is 14.9. The number of aromatic nitrogens is 2. The minimum atomic E-state index is -4.38. The molecule has 2 aromatic carbocycles. The minimum absolute atomic E-state index is 0.0521. The monoisotopic (exact) mass is 453 g/mol. The molecule has 4 rings (SSSR count). The smallest absolute Gasteiger partial charge is 0.308 e. The number of nitrogens with one attached hydrogen (secondary N) is 1. The van der Waals surface area contributed by atoms with Crippen molar-refractivity contribution in [3.8, 4) is 11.8 Å². The molecule has 0 radical (unpaired) electrons. The van der Waals surface area contributed by atoms with Gasteiger partial charge in [-0.3, -0.25) is 9.69 Å². The summed E-state index contributed by atoms with van der Waals surface area (Å²) in [7, 11) is 0. The Morgan fingerprint density at radius 1 is 1.12 bits per heavy atom. The standard InChI is InChI=1S/C24H22F3N5O/c25-24(26,27)19-11-9-17(10-12-19)21-8-4-5-13-31(21)16-22(33)30-23-18(14-28)15-29-32(23)20-6-2-1-3-7-20/h1-3,6-7,9-12,15,21H,4-5,8,13,16H2,(H,30,33). The van der Waals surface area contributed by atoms with Gasteiger partial charge in [-0.05, 0) is 49.2 Å². The summed E-state index contributed by atoms with van der Waals surface area (Å²) in [5.74, 6) is -0.0280. The number of anilines is 1. The number of benzene rings is 2. The summed E-state index contributed by atoms with van der Waals surface area (Å²) in [6.07, 6.45) is -0.400. The van der Waals surface area contributed by atoms with E-state index in [4.69, 9.17) is 0 Å². The Balaban J connectivity index is 1.51. The summed E-state index contributed by atoms with van der Waals surface area (Å²) in [6.45, 7) is 0.707. The van der Waals surface area contributed by atoms with E-state index >= 15 is 0 Å². The number of para-hydroxylation sites is 1. The number of alkyl halides is 3. The fraction of sp³-hybridized carbons (Fsp3) is 0.292. The molecule has 0 saturated carbocycles. The van der Waals surface area contributed by atoms with Gasteiger partial charge in [0.15, 0.2) is 5.82 Å². The number of nitrogens with zero attached hydrogens (tertiary/aromatic N) is 4. The highest BCUT2D eigenvalue weighted by atomic mass is 19.4. The van der Waals surface area contributed by atoms with Crippen LogP contribution < -0.4 is 5.32 Å². The predicted octanol–water partition coefficient (Wildman–Crippen LogP) is 4.93. The maximum Gasteiger partial charge on any atom is 0.416 e. The molecular weight excluding hydrogens is 431 g/mol. The molecule has 1 saturated heterocycles. The fourth-order valence-electron chi connectivity index (χ4n) is 4.12. The number of nitriles is 1. The third-order valence-corrected chi connectivity index (χ3v) is 5.73. The molecule has 1 amide bonds. The molecular formula is C24H22F3N5O. The van der Waals surface area contributed by atoms with Crippen molar-refractivity contribution in [1.29, 1.82) is 5.26 Å². The van der Waals surface area contributed by atoms with Crippen LogP contribution in [-0.2, 0) is 11.0 Å². The van der Waals surface area contributed by atoms with Crippen LogP contribution in [0.15, 0.2) is 60.8 Å². The summed E-state index contributed by atoms with van der Waals surface area (Å²) in [5, 5.41) is 16.5. The first kappa shape index (κ1) is 22.6. The molecule has 1 aliphatic heterocycles. The lowest BCUT2D eigenvalue weighted by Crippen LogP contribution is -2.39. The number of piperidine rings is 1. The molecule has 2 heterocycles. The molecule has 0 spiro atoms. The Kier molecular flexibility index (Phi) is 6.47. The number of amides is 1. The highest BCUT2D eigenvalue weighted by molar-refractivity contribution is 5.93. The van der Waals surface area contributed by atoms with Crippen LogP contribution in [0.1, 0.15) is 42.0 Å². The zero-order valence-electron chi connectivity index (χ0n) is 17.7. The Labute approximate surface area is 189 Å². The highest BCUT2D eigenvalue weighted by Crippen LogP contribution is 2.34. The number of likely N-dealkylation sites (tertiary alicyclic amines) is 1. The minimum Gasteiger partial charge on any atom is -0.308 e. The van der Waals surface area contributed by atoms with Crippen molar-refractivity contribution >= 4 is 11.7 Å². The normalized spacial score (nSPS) is 16.8. The highest BCUT2D eigenvalue weighted by Gasteiger charge is 2.31. The van der Waals surface area contributed by atoms with Crippen LogP contribution >= 0.6 is 0 Å². The molecule has 9 heteroatoms. The van der Waals surface area contributed by atoms with Gasteiger partial charge in [0.05, 0.1) is 24.0 Å². The number of hydrogen-bond donors (Lipinski definition) is 1. The SMILES string of the molecule is N#Cc1cnn(-c2ccccc2)c1NC(=O)CN1CCCCC1c1ccc(C(F)(F)F)cc1. The van der Waals surface area contributed by atoms with Crippen molar-refractivity contribution in [3.05, 3.63) is 77.5 Å². The van der Waals surface area contributed by atoms with Gasteiger partial charge in [-0.15, -0.1) is 0 Å². The van der Waals surface area contributed by atoms with E-state index < -0.39 is 11.7 Å². The lowest BCUT2D eigenvalue weighted by Gasteiger charge is -2.35. The van der Waals surface area contributed by atoms with Crippen LogP contribution in [0.25, 0.3) is 5.69 Å². The van der Waals surface area contributed by atoms with Crippen molar-refractivity contribution in [2.24, 2.45) is 0 Å². The first-order chi connectivity index (χ1) is 15.9. The number of halogens is 3. The van der Waals surface area contributed by atoms with Crippen molar-refractivity contribution < 1.29 is 18.0 Å². The molecule has 33 heavy (non-hydrogen) atoms. The van der Waals surface area contributed by atoms with Crippen molar-refractivity contribution in [2.75, 3.05) is 18.4 Å². The maximum atomic E-state index is 12.9. The van der Waals surface area contributed by atoms with E-state index in [9.17, 15) is 23.2 Å². The number of rotatable bonds is 5. The largest absolute Gasteiger partial charge is 0.416 e. The Hall–Kier alpha value is -3.64. The summed E-state index contributed by atoms with van der Waals surface area (Å²) in [5.41, 5.74) is 1.01. The molecule has 3 aromatic rings. The molecule has 0 aliphatic carbocycles. The lowest BCUT2D eigenvalue weighted by molar-refractivity contribution is -0.137. The zero-order chi connectivity index (χ0) is 23.4. The molecule has 170 valence electrons. The first-order valence-electron chi connectivity index (χ1n) is 10.6. The predicted molar refractivity (Wildman–Crippen MR) is 117 cm³/mol. The van der Waals surface area contributed by atoms with Crippen LogP contribution in [0.2, 0.25) is 0 Å². The second-order valence-electron chi connectivity index (χ2n) is 7.92. The van der Waals surface area contributed by atoms with Gasteiger partial charge >= 0.3 is 6.18 Å². The quantitative estimate of drug-likeness (QED) is 0.595.